The summed E-state index contributed by atoms with van der Waals surface area (Å²) < 4.78 is 12.4. The maximum absolute atomic E-state index is 12.8. The molecule has 0 radical (unpaired) electrons. The number of rotatable bonds is 4. The van der Waals surface area contributed by atoms with Gasteiger partial charge in [0.25, 0.3) is 5.95 Å². The lowest BCUT2D eigenvalue weighted by molar-refractivity contribution is 0.0963. The van der Waals surface area contributed by atoms with Crippen LogP contribution in [0.3, 0.4) is 0 Å². The van der Waals surface area contributed by atoms with Gasteiger partial charge in [0, 0.05) is 17.8 Å². The summed E-state index contributed by atoms with van der Waals surface area (Å²) in [4.78, 5) is 21.8. The van der Waals surface area contributed by atoms with Crippen LogP contribution in [-0.4, -0.2) is 39.8 Å². The van der Waals surface area contributed by atoms with Crippen LogP contribution >= 0.6 is 0 Å². The molecule has 7 heteroatoms. The van der Waals surface area contributed by atoms with Crippen LogP contribution in [0.25, 0.3) is 5.95 Å². The molecule has 0 spiro atoms. The molecule has 0 unspecified atom stereocenters. The van der Waals surface area contributed by atoms with E-state index in [1.54, 1.807) is 25.1 Å². The van der Waals surface area contributed by atoms with E-state index in [0.29, 0.717) is 35.9 Å². The Labute approximate surface area is 163 Å². The minimum Gasteiger partial charge on any atom is -0.493 e. The van der Waals surface area contributed by atoms with E-state index in [1.165, 1.54) is 0 Å². The Balaban J connectivity index is 1.74. The largest absolute Gasteiger partial charge is 0.493 e. The molecule has 2 aromatic heterocycles. The van der Waals surface area contributed by atoms with Gasteiger partial charge < -0.3 is 9.47 Å². The third-order valence-corrected chi connectivity index (χ3v) is 5.08. The first-order valence-electron chi connectivity index (χ1n) is 9.15. The highest BCUT2D eigenvalue weighted by atomic mass is 16.5. The van der Waals surface area contributed by atoms with Gasteiger partial charge in [-0.15, -0.1) is 0 Å². The molecule has 0 N–H and O–H groups in total. The number of benzene rings is 1. The quantitative estimate of drug-likeness (QED) is 0.694. The molecule has 1 aliphatic rings. The van der Waals surface area contributed by atoms with Gasteiger partial charge >= 0.3 is 0 Å². The summed E-state index contributed by atoms with van der Waals surface area (Å²) >= 11 is 0. The van der Waals surface area contributed by atoms with Crippen molar-refractivity contribution in [3.8, 4) is 17.4 Å². The Morgan fingerprint density at radius 2 is 1.71 bits per heavy atom. The Morgan fingerprint density at radius 3 is 2.39 bits per heavy atom. The van der Waals surface area contributed by atoms with Crippen LogP contribution in [0.5, 0.6) is 11.5 Å². The normalized spacial score (nSPS) is 16.0. The second kappa shape index (κ2) is 7.07. The van der Waals surface area contributed by atoms with E-state index in [2.05, 4.69) is 15.1 Å². The summed E-state index contributed by atoms with van der Waals surface area (Å²) in [6, 6.07) is 7.71. The van der Waals surface area contributed by atoms with E-state index >= 15 is 0 Å². The molecule has 1 atom stereocenters. The number of hydrogen-bond acceptors (Lipinski definition) is 6. The minimum absolute atomic E-state index is 0.0289. The molecule has 2 heterocycles. The number of fused-ring (bicyclic) bond motifs is 1. The van der Waals surface area contributed by atoms with Gasteiger partial charge in [-0.3, -0.25) is 4.79 Å². The van der Waals surface area contributed by atoms with Crippen molar-refractivity contribution >= 4 is 5.78 Å². The van der Waals surface area contributed by atoms with Gasteiger partial charge in [-0.25, -0.2) is 14.6 Å². The lowest BCUT2D eigenvalue weighted by Gasteiger charge is -2.23. The zero-order chi connectivity index (χ0) is 19.8. The van der Waals surface area contributed by atoms with Crippen molar-refractivity contribution in [3.05, 3.63) is 58.7 Å². The van der Waals surface area contributed by atoms with Crippen LogP contribution in [0, 0.1) is 13.8 Å². The smallest absolute Gasteiger partial charge is 0.251 e. The number of carbonyl (C=O) groups excluding carboxylic acids is 1. The second-order valence-corrected chi connectivity index (χ2v) is 7.01. The fourth-order valence-electron chi connectivity index (χ4n) is 3.76. The van der Waals surface area contributed by atoms with E-state index in [0.717, 1.165) is 22.6 Å². The lowest BCUT2D eigenvalue weighted by atomic mass is 9.82. The Hall–Kier alpha value is -3.22. The SMILES string of the molecule is COc1ccc([C@@H]2CC(=O)c3cnn(-c4nc(C)cc(C)n4)c3C2)cc1OC. The van der Waals surface area contributed by atoms with Gasteiger partial charge in [0.15, 0.2) is 17.3 Å². The standard InChI is InChI=1S/C21H22N4O3/c1-12-7-13(2)24-21(23-12)25-17-8-15(9-18(26)16(17)11-22-25)14-5-6-19(27-3)20(10-14)28-4/h5-7,10-11,15H,8-9H2,1-4H3/t15-/m0/s1. The lowest BCUT2D eigenvalue weighted by Crippen LogP contribution is -2.21. The van der Waals surface area contributed by atoms with Gasteiger partial charge in [-0.1, -0.05) is 6.07 Å². The number of aryl methyl sites for hydroxylation is 2. The number of methoxy groups -OCH3 is 2. The number of ether oxygens (including phenoxy) is 2. The molecule has 0 aliphatic heterocycles. The number of carbonyl (C=O) groups is 1. The molecule has 0 saturated heterocycles. The molecule has 0 saturated carbocycles. The Morgan fingerprint density at radius 1 is 1.00 bits per heavy atom. The molecule has 0 fully saturated rings. The highest BCUT2D eigenvalue weighted by Gasteiger charge is 2.31. The average Bonchev–Trinajstić information content (AvgIpc) is 3.11. The molecule has 4 rings (SSSR count). The zero-order valence-corrected chi connectivity index (χ0v) is 16.4. The van der Waals surface area contributed by atoms with Crippen LogP contribution in [0.15, 0.2) is 30.5 Å². The zero-order valence-electron chi connectivity index (χ0n) is 16.4. The Kier molecular flexibility index (Phi) is 4.58. The molecule has 1 aliphatic carbocycles. The molecule has 144 valence electrons. The van der Waals surface area contributed by atoms with Crippen molar-refractivity contribution in [2.45, 2.75) is 32.6 Å². The van der Waals surface area contributed by atoms with Crippen molar-refractivity contribution in [2.24, 2.45) is 0 Å². The first kappa shape index (κ1) is 18.2. The summed E-state index contributed by atoms with van der Waals surface area (Å²) in [6.07, 6.45) is 2.73. The molecule has 0 bridgehead atoms. The fraction of sp³-hybridized carbons (Fsp3) is 0.333. The summed E-state index contributed by atoms with van der Waals surface area (Å²) in [7, 11) is 3.22. The van der Waals surface area contributed by atoms with Crippen molar-refractivity contribution in [1.82, 2.24) is 19.7 Å². The monoisotopic (exact) mass is 378 g/mol. The van der Waals surface area contributed by atoms with Crippen LogP contribution < -0.4 is 9.47 Å². The van der Waals surface area contributed by atoms with Gasteiger partial charge in [0.2, 0.25) is 0 Å². The maximum Gasteiger partial charge on any atom is 0.251 e. The first-order chi connectivity index (χ1) is 13.5. The van der Waals surface area contributed by atoms with E-state index in [-0.39, 0.29) is 11.7 Å². The molecular weight excluding hydrogens is 356 g/mol. The molecule has 7 nitrogen and oxygen atoms in total. The van der Waals surface area contributed by atoms with E-state index in [4.69, 9.17) is 9.47 Å². The fourth-order valence-corrected chi connectivity index (χ4v) is 3.76. The van der Waals surface area contributed by atoms with Gasteiger partial charge in [-0.05, 0) is 49.9 Å². The van der Waals surface area contributed by atoms with Crippen LogP contribution in [0.1, 0.15) is 45.3 Å². The number of aromatic nitrogens is 4. The summed E-state index contributed by atoms with van der Waals surface area (Å²) in [5, 5.41) is 4.42. The van der Waals surface area contributed by atoms with Crippen LogP contribution in [0.2, 0.25) is 0 Å². The molecule has 3 aromatic rings. The van der Waals surface area contributed by atoms with Crippen molar-refractivity contribution in [2.75, 3.05) is 14.2 Å². The summed E-state index contributed by atoms with van der Waals surface area (Å²) in [5.41, 5.74) is 4.27. The van der Waals surface area contributed by atoms with Gasteiger partial charge in [-0.2, -0.15) is 5.10 Å². The highest BCUT2D eigenvalue weighted by molar-refractivity contribution is 5.98. The molecule has 0 amide bonds. The molecule has 28 heavy (non-hydrogen) atoms. The van der Waals surface area contributed by atoms with Gasteiger partial charge in [0.1, 0.15) is 0 Å². The van der Waals surface area contributed by atoms with Crippen molar-refractivity contribution in [1.29, 1.82) is 0 Å². The summed E-state index contributed by atoms with van der Waals surface area (Å²) in [6.45, 7) is 3.84. The van der Waals surface area contributed by atoms with Crippen LogP contribution in [-0.2, 0) is 6.42 Å². The predicted molar refractivity (Wildman–Crippen MR) is 104 cm³/mol. The Bertz CT molecular complexity index is 1040. The number of Topliss-reactive ketones (excluding diaryl/α,β-unsaturated/α-hetero) is 1. The van der Waals surface area contributed by atoms with Crippen LogP contribution in [0.4, 0.5) is 0 Å². The second-order valence-electron chi connectivity index (χ2n) is 7.01. The van der Waals surface area contributed by atoms with Crippen molar-refractivity contribution in [3.63, 3.8) is 0 Å². The topological polar surface area (TPSA) is 79.1 Å². The van der Waals surface area contributed by atoms with E-state index < -0.39 is 0 Å². The molecular formula is C21H22N4O3. The van der Waals surface area contributed by atoms with E-state index in [1.807, 2.05) is 38.1 Å². The number of nitrogens with zero attached hydrogens (tertiary/aromatic N) is 4. The third kappa shape index (κ3) is 3.13. The number of hydrogen-bond donors (Lipinski definition) is 0. The third-order valence-electron chi connectivity index (χ3n) is 5.08. The maximum atomic E-state index is 12.8. The van der Waals surface area contributed by atoms with Gasteiger partial charge in [0.05, 0.1) is 31.7 Å². The van der Waals surface area contributed by atoms with Crippen molar-refractivity contribution < 1.29 is 14.3 Å². The molecule has 1 aromatic carbocycles. The first-order valence-corrected chi connectivity index (χ1v) is 9.15. The predicted octanol–water partition coefficient (Wildman–Crippen LogP) is 3.21. The average molecular weight is 378 g/mol. The summed E-state index contributed by atoms with van der Waals surface area (Å²) in [5.74, 6) is 1.93. The number of ketones is 1. The highest BCUT2D eigenvalue weighted by Crippen LogP contribution is 2.37. The minimum atomic E-state index is 0.0289. The van der Waals surface area contributed by atoms with E-state index in [9.17, 15) is 4.79 Å².